The Balaban J connectivity index is 1.20. The SMILES string of the molecule is CCC1C[C@]1(NC(=O)[C@@H]1CC(Oc2cc(-c3nc(C(C)C)cs3)nc3c(Cl)c(OC)ccc23)CN1C(=O)[C@@H](NC(=O)OC1C[C@@H]2C[C@@H]2C1)C(C)(C)C)C(=O)O. The lowest BCUT2D eigenvalue weighted by Crippen LogP contribution is -2.59. The lowest BCUT2D eigenvalue weighted by Gasteiger charge is -2.35. The number of aliphatic carboxylic acids is 1. The van der Waals surface area contributed by atoms with Gasteiger partial charge in [0.05, 0.1) is 24.9 Å². The number of carboxylic acids is 1. The molecule has 3 N–H and O–H groups in total. The molecule has 8 atom stereocenters. The first-order chi connectivity index (χ1) is 26.0. The number of thiazole rings is 1. The number of carboxylic acid groups (broad SMARTS) is 1. The number of nitrogens with zero attached hydrogens (tertiary/aromatic N) is 3. The van der Waals surface area contributed by atoms with Crippen LogP contribution in [0.2, 0.25) is 5.02 Å². The van der Waals surface area contributed by atoms with Crippen molar-refractivity contribution in [1.82, 2.24) is 25.5 Å². The molecule has 4 aliphatic rings. The first-order valence-electron chi connectivity index (χ1n) is 19.2. The molecule has 13 nitrogen and oxygen atoms in total. The van der Waals surface area contributed by atoms with Gasteiger partial charge in [-0.25, -0.2) is 19.6 Å². The van der Waals surface area contributed by atoms with Crippen molar-refractivity contribution in [3.05, 3.63) is 34.3 Å². The molecular formula is C40H50ClN5O8S. The number of amides is 3. The topological polar surface area (TPSA) is 169 Å². The van der Waals surface area contributed by atoms with Gasteiger partial charge in [0.1, 0.15) is 57.1 Å². The number of rotatable bonds is 12. The van der Waals surface area contributed by atoms with Crippen molar-refractivity contribution in [3.8, 4) is 22.2 Å². The number of aromatic nitrogens is 2. The molecule has 55 heavy (non-hydrogen) atoms. The van der Waals surface area contributed by atoms with E-state index in [-0.39, 0.29) is 30.9 Å². The minimum absolute atomic E-state index is 0.0126. The first-order valence-corrected chi connectivity index (χ1v) is 20.4. The summed E-state index contributed by atoms with van der Waals surface area (Å²) in [5, 5.41) is 19.3. The molecule has 7 rings (SSSR count). The standard InChI is InChI=1S/C40H50ClN5O8S/c1-8-22-16-40(22,37(49)50)45-34(47)28-14-24(17-46(28)36(48)33(39(4,5)6)44-38(51)54-23-12-20-11-21(20)13-23)53-30-15-26(35-43-27(18-55-35)19(2)3)42-32-25(30)9-10-29(52-7)31(32)41/h9-10,15,18-24,28,33H,8,11-14,16-17H2,1-7H3,(H,44,51)(H,45,47)(H,49,50)/t20-,21+,22?,23?,24?,28-,33+,40+/m0/s1. The van der Waals surface area contributed by atoms with Crippen LogP contribution in [0, 0.1) is 23.2 Å². The first kappa shape index (κ1) is 39.1. The largest absolute Gasteiger partial charge is 0.495 e. The Bertz CT molecular complexity index is 2010. The maximum Gasteiger partial charge on any atom is 0.408 e. The van der Waals surface area contributed by atoms with Gasteiger partial charge in [0.15, 0.2) is 0 Å². The minimum atomic E-state index is -1.40. The van der Waals surface area contributed by atoms with Gasteiger partial charge in [-0.3, -0.25) is 9.59 Å². The Morgan fingerprint density at radius 1 is 1.07 bits per heavy atom. The van der Waals surface area contributed by atoms with Crippen molar-refractivity contribution in [2.45, 2.75) is 116 Å². The molecular weight excluding hydrogens is 746 g/mol. The number of likely N-dealkylation sites (tertiary alicyclic amines) is 1. The van der Waals surface area contributed by atoms with Gasteiger partial charge in [0.2, 0.25) is 11.8 Å². The zero-order valence-electron chi connectivity index (χ0n) is 32.3. The van der Waals surface area contributed by atoms with Gasteiger partial charge >= 0.3 is 12.1 Å². The van der Waals surface area contributed by atoms with Gasteiger partial charge < -0.3 is 34.9 Å². The van der Waals surface area contributed by atoms with Crippen LogP contribution in [-0.2, 0) is 19.1 Å². The lowest BCUT2D eigenvalue weighted by atomic mass is 9.85. The summed E-state index contributed by atoms with van der Waals surface area (Å²) in [4.78, 5) is 65.6. The molecule has 3 unspecified atom stereocenters. The highest BCUT2D eigenvalue weighted by atomic mass is 35.5. The van der Waals surface area contributed by atoms with Crippen LogP contribution in [0.3, 0.4) is 0 Å². The summed E-state index contributed by atoms with van der Waals surface area (Å²) in [6, 6.07) is 3.16. The number of methoxy groups -OCH3 is 1. The number of pyridine rings is 1. The summed E-state index contributed by atoms with van der Waals surface area (Å²) in [5.41, 5.74) is -0.276. The maximum absolute atomic E-state index is 14.7. The second kappa shape index (κ2) is 14.7. The molecule has 2 aromatic heterocycles. The molecule has 0 radical (unpaired) electrons. The molecule has 296 valence electrons. The fourth-order valence-electron chi connectivity index (χ4n) is 8.26. The van der Waals surface area contributed by atoms with Crippen molar-refractivity contribution in [3.63, 3.8) is 0 Å². The number of carbonyl (C=O) groups excluding carboxylic acids is 3. The Hall–Kier alpha value is -4.17. The van der Waals surface area contributed by atoms with Crippen LogP contribution < -0.4 is 20.1 Å². The number of carbonyl (C=O) groups is 4. The van der Waals surface area contributed by atoms with E-state index in [1.165, 1.54) is 29.8 Å². The normalized spacial score (nSPS) is 27.4. The molecule has 1 aromatic carbocycles. The van der Waals surface area contributed by atoms with Gasteiger partial charge in [0, 0.05) is 23.3 Å². The third-order valence-corrected chi connectivity index (χ3v) is 13.0. The molecule has 3 aromatic rings. The van der Waals surface area contributed by atoms with E-state index in [0.29, 0.717) is 62.8 Å². The predicted molar refractivity (Wildman–Crippen MR) is 207 cm³/mol. The van der Waals surface area contributed by atoms with Crippen LogP contribution in [0.1, 0.15) is 91.7 Å². The van der Waals surface area contributed by atoms with Gasteiger partial charge in [-0.1, -0.05) is 59.6 Å². The molecule has 1 aliphatic heterocycles. The van der Waals surface area contributed by atoms with Crippen LogP contribution in [-0.4, -0.2) is 87.3 Å². The van der Waals surface area contributed by atoms with E-state index in [0.717, 1.165) is 18.5 Å². The quantitative estimate of drug-likeness (QED) is 0.177. The second-order valence-electron chi connectivity index (χ2n) is 17.0. The predicted octanol–water partition coefficient (Wildman–Crippen LogP) is 6.80. The number of fused-ring (bicyclic) bond motifs is 2. The zero-order valence-corrected chi connectivity index (χ0v) is 33.9. The van der Waals surface area contributed by atoms with Crippen LogP contribution in [0.15, 0.2) is 23.6 Å². The Labute approximate surface area is 329 Å². The highest BCUT2D eigenvalue weighted by molar-refractivity contribution is 7.13. The van der Waals surface area contributed by atoms with Crippen molar-refractivity contribution >= 4 is 57.7 Å². The van der Waals surface area contributed by atoms with Gasteiger partial charge in [-0.05, 0) is 66.9 Å². The number of hydrogen-bond donors (Lipinski definition) is 3. The average Bonchev–Trinajstić information content (AvgIpc) is 3.77. The van der Waals surface area contributed by atoms with Crippen LogP contribution in [0.4, 0.5) is 4.79 Å². The van der Waals surface area contributed by atoms with E-state index >= 15 is 0 Å². The zero-order chi connectivity index (χ0) is 39.6. The third kappa shape index (κ3) is 7.68. The van der Waals surface area contributed by atoms with E-state index in [9.17, 15) is 24.3 Å². The molecule has 15 heteroatoms. The second-order valence-corrected chi connectivity index (χ2v) is 18.2. The van der Waals surface area contributed by atoms with Gasteiger partial charge in [-0.2, -0.15) is 0 Å². The summed E-state index contributed by atoms with van der Waals surface area (Å²) in [6.45, 7) is 11.5. The molecule has 0 bridgehead atoms. The number of benzene rings is 1. The number of nitrogens with one attached hydrogen (secondary N) is 2. The highest BCUT2D eigenvalue weighted by Gasteiger charge is 2.61. The summed E-state index contributed by atoms with van der Waals surface area (Å²) < 4.78 is 18.0. The third-order valence-electron chi connectivity index (χ3n) is 11.7. The van der Waals surface area contributed by atoms with Crippen LogP contribution in [0.5, 0.6) is 11.5 Å². The van der Waals surface area contributed by atoms with E-state index in [4.69, 9.17) is 35.8 Å². The Morgan fingerprint density at radius 3 is 2.40 bits per heavy atom. The van der Waals surface area contributed by atoms with Crippen LogP contribution >= 0.6 is 22.9 Å². The Morgan fingerprint density at radius 2 is 1.80 bits per heavy atom. The van der Waals surface area contributed by atoms with Crippen LogP contribution in [0.25, 0.3) is 21.6 Å². The molecule has 1 saturated heterocycles. The average molecular weight is 796 g/mol. The number of ether oxygens (including phenoxy) is 3. The molecule has 3 saturated carbocycles. The number of hydrogen-bond acceptors (Lipinski definition) is 10. The highest BCUT2D eigenvalue weighted by Crippen LogP contribution is 2.52. The fourth-order valence-corrected chi connectivity index (χ4v) is 9.49. The van der Waals surface area contributed by atoms with E-state index in [1.54, 1.807) is 18.2 Å². The van der Waals surface area contributed by atoms with E-state index in [2.05, 4.69) is 24.5 Å². The molecule has 0 spiro atoms. The molecule has 4 fully saturated rings. The number of halogens is 1. The summed E-state index contributed by atoms with van der Waals surface area (Å²) in [7, 11) is 1.52. The van der Waals surface area contributed by atoms with Crippen molar-refractivity contribution in [1.29, 1.82) is 0 Å². The van der Waals surface area contributed by atoms with Gasteiger partial charge in [0.25, 0.3) is 0 Å². The van der Waals surface area contributed by atoms with Crippen molar-refractivity contribution in [2.24, 2.45) is 23.2 Å². The molecule has 3 amide bonds. The van der Waals surface area contributed by atoms with E-state index in [1.807, 2.05) is 33.1 Å². The van der Waals surface area contributed by atoms with E-state index < -0.39 is 53.0 Å². The maximum atomic E-state index is 14.7. The lowest BCUT2D eigenvalue weighted by molar-refractivity contribution is -0.146. The van der Waals surface area contributed by atoms with Gasteiger partial charge in [-0.15, -0.1) is 11.3 Å². The Kier molecular flexibility index (Phi) is 10.5. The van der Waals surface area contributed by atoms with Crippen molar-refractivity contribution in [2.75, 3.05) is 13.7 Å². The summed E-state index contributed by atoms with van der Waals surface area (Å²) >= 11 is 8.27. The minimum Gasteiger partial charge on any atom is -0.495 e. The number of alkyl carbamates (subject to hydrolysis) is 1. The van der Waals surface area contributed by atoms with Crippen molar-refractivity contribution < 1.29 is 38.5 Å². The molecule has 3 heterocycles. The smallest absolute Gasteiger partial charge is 0.408 e. The summed E-state index contributed by atoms with van der Waals surface area (Å²) in [6.07, 6.45) is 2.21. The fraction of sp³-hybridized carbons (Fsp3) is 0.600. The molecule has 3 aliphatic carbocycles. The monoisotopic (exact) mass is 795 g/mol. The summed E-state index contributed by atoms with van der Waals surface area (Å²) in [5.74, 6) is -0.133.